The van der Waals surface area contributed by atoms with Gasteiger partial charge in [0, 0.05) is 37.3 Å². The Morgan fingerprint density at radius 2 is 1.62 bits per heavy atom. The van der Waals surface area contributed by atoms with E-state index in [1.807, 2.05) is 0 Å². The molecule has 2 N–H and O–H groups in total. The number of nitrogens with one attached hydrogen (secondary N) is 2. The third kappa shape index (κ3) is 12.2. The SMILES string of the molecule is CCNC(=NCCCN(C(C)C)C(C)C)NC(C)(C)C.I. The Morgan fingerprint density at radius 1 is 1.10 bits per heavy atom. The molecule has 21 heavy (non-hydrogen) atoms. The molecule has 0 spiro atoms. The van der Waals surface area contributed by atoms with Crippen molar-refractivity contribution < 1.29 is 0 Å². The largest absolute Gasteiger partial charge is 0.357 e. The molecule has 0 unspecified atom stereocenters. The molecule has 0 bridgehead atoms. The molecule has 0 aromatic carbocycles. The minimum absolute atomic E-state index is 0. The van der Waals surface area contributed by atoms with E-state index in [9.17, 15) is 0 Å². The molecule has 0 rings (SSSR count). The smallest absolute Gasteiger partial charge is 0.191 e. The maximum atomic E-state index is 4.66. The molecule has 0 aliphatic carbocycles. The second-order valence-corrected chi connectivity index (χ2v) is 6.91. The van der Waals surface area contributed by atoms with E-state index in [0.717, 1.165) is 32.0 Å². The normalized spacial score (nSPS) is 12.8. The van der Waals surface area contributed by atoms with Crippen molar-refractivity contribution in [3.8, 4) is 0 Å². The predicted octanol–water partition coefficient (Wildman–Crippen LogP) is 3.47. The van der Waals surface area contributed by atoms with Crippen LogP contribution in [0.25, 0.3) is 0 Å². The van der Waals surface area contributed by atoms with Gasteiger partial charge in [0.1, 0.15) is 0 Å². The first-order chi connectivity index (χ1) is 9.17. The monoisotopic (exact) mass is 412 g/mol. The Balaban J connectivity index is 0. The molecule has 128 valence electrons. The Kier molecular flexibility index (Phi) is 12.7. The van der Waals surface area contributed by atoms with Crippen LogP contribution in [0.4, 0.5) is 0 Å². The fourth-order valence-corrected chi connectivity index (χ4v) is 2.22. The average molecular weight is 412 g/mol. The van der Waals surface area contributed by atoms with Crippen molar-refractivity contribution in [2.45, 2.75) is 79.4 Å². The average Bonchev–Trinajstić information content (AvgIpc) is 2.25. The van der Waals surface area contributed by atoms with E-state index >= 15 is 0 Å². The summed E-state index contributed by atoms with van der Waals surface area (Å²) in [5, 5.41) is 6.71. The summed E-state index contributed by atoms with van der Waals surface area (Å²) in [4.78, 5) is 7.17. The van der Waals surface area contributed by atoms with E-state index in [1.165, 1.54) is 0 Å². The maximum absolute atomic E-state index is 4.66. The van der Waals surface area contributed by atoms with Crippen LogP contribution < -0.4 is 10.6 Å². The van der Waals surface area contributed by atoms with Gasteiger partial charge < -0.3 is 10.6 Å². The minimum Gasteiger partial charge on any atom is -0.357 e. The fourth-order valence-electron chi connectivity index (χ4n) is 2.22. The van der Waals surface area contributed by atoms with Crippen molar-refractivity contribution in [1.82, 2.24) is 15.5 Å². The lowest BCUT2D eigenvalue weighted by Gasteiger charge is -2.30. The third-order valence-corrected chi connectivity index (χ3v) is 3.01. The van der Waals surface area contributed by atoms with Crippen LogP contribution in [0.15, 0.2) is 4.99 Å². The van der Waals surface area contributed by atoms with Crippen LogP contribution >= 0.6 is 24.0 Å². The summed E-state index contributed by atoms with van der Waals surface area (Å²) in [6.45, 7) is 20.4. The number of rotatable bonds is 7. The Labute approximate surface area is 149 Å². The lowest BCUT2D eigenvalue weighted by atomic mass is 10.1. The summed E-state index contributed by atoms with van der Waals surface area (Å²) in [5.41, 5.74) is 0.0445. The van der Waals surface area contributed by atoms with Crippen molar-refractivity contribution in [3.63, 3.8) is 0 Å². The Bertz CT molecular complexity index is 274. The van der Waals surface area contributed by atoms with Gasteiger partial charge in [0.2, 0.25) is 0 Å². The van der Waals surface area contributed by atoms with E-state index in [4.69, 9.17) is 0 Å². The maximum Gasteiger partial charge on any atom is 0.191 e. The second kappa shape index (κ2) is 11.5. The van der Waals surface area contributed by atoms with Gasteiger partial charge in [-0.2, -0.15) is 0 Å². The number of hydrogen-bond acceptors (Lipinski definition) is 2. The molecule has 5 heteroatoms. The molecule has 0 amide bonds. The quantitative estimate of drug-likeness (QED) is 0.291. The van der Waals surface area contributed by atoms with E-state index in [0.29, 0.717) is 12.1 Å². The highest BCUT2D eigenvalue weighted by atomic mass is 127. The molecule has 0 aliphatic rings. The third-order valence-electron chi connectivity index (χ3n) is 3.01. The molecule has 0 saturated carbocycles. The first-order valence-electron chi connectivity index (χ1n) is 7.99. The summed E-state index contributed by atoms with van der Waals surface area (Å²) >= 11 is 0. The predicted molar refractivity (Wildman–Crippen MR) is 106 cm³/mol. The lowest BCUT2D eigenvalue weighted by molar-refractivity contribution is 0.174. The van der Waals surface area contributed by atoms with Crippen LogP contribution in [0.5, 0.6) is 0 Å². The summed E-state index contributed by atoms with van der Waals surface area (Å²) < 4.78 is 0. The molecular weight excluding hydrogens is 375 g/mol. The molecule has 0 saturated heterocycles. The number of nitrogens with zero attached hydrogens (tertiary/aromatic N) is 2. The molecule has 4 nitrogen and oxygen atoms in total. The van der Waals surface area contributed by atoms with Crippen LogP contribution in [-0.4, -0.2) is 48.1 Å². The summed E-state index contributed by atoms with van der Waals surface area (Å²) in [6.07, 6.45) is 1.09. The highest BCUT2D eigenvalue weighted by Gasteiger charge is 2.13. The van der Waals surface area contributed by atoms with Crippen LogP contribution in [-0.2, 0) is 0 Å². The van der Waals surface area contributed by atoms with Gasteiger partial charge in [-0.05, 0) is 61.8 Å². The first-order valence-corrected chi connectivity index (χ1v) is 7.99. The van der Waals surface area contributed by atoms with E-state index < -0.39 is 0 Å². The molecule has 0 aromatic heterocycles. The van der Waals surface area contributed by atoms with Crippen LogP contribution in [0, 0.1) is 0 Å². The van der Waals surface area contributed by atoms with Gasteiger partial charge in [0.05, 0.1) is 0 Å². The summed E-state index contributed by atoms with van der Waals surface area (Å²) in [7, 11) is 0. The number of hydrogen-bond donors (Lipinski definition) is 2. The molecule has 0 aliphatic heterocycles. The van der Waals surface area contributed by atoms with E-state index in [-0.39, 0.29) is 29.5 Å². The molecule has 0 heterocycles. The highest BCUT2D eigenvalue weighted by molar-refractivity contribution is 14.0. The number of halogens is 1. The zero-order valence-corrected chi connectivity index (χ0v) is 17.6. The highest BCUT2D eigenvalue weighted by Crippen LogP contribution is 2.05. The lowest BCUT2D eigenvalue weighted by Crippen LogP contribution is -2.47. The van der Waals surface area contributed by atoms with Crippen LogP contribution in [0.1, 0.15) is 61.8 Å². The topological polar surface area (TPSA) is 39.7 Å². The fraction of sp³-hybridized carbons (Fsp3) is 0.938. The van der Waals surface area contributed by atoms with Crippen LogP contribution in [0.3, 0.4) is 0 Å². The van der Waals surface area contributed by atoms with Gasteiger partial charge in [0.25, 0.3) is 0 Å². The standard InChI is InChI=1S/C16H36N4.HI/c1-9-17-15(19-16(6,7)8)18-11-10-12-20(13(2)3)14(4)5;/h13-14H,9-12H2,1-8H3,(H2,17,18,19);1H. The van der Waals surface area contributed by atoms with Crippen molar-refractivity contribution in [3.05, 3.63) is 0 Å². The zero-order valence-electron chi connectivity index (χ0n) is 15.3. The molecule has 0 aromatic rings. The van der Waals surface area contributed by atoms with Crippen molar-refractivity contribution in [1.29, 1.82) is 0 Å². The van der Waals surface area contributed by atoms with Gasteiger partial charge in [-0.3, -0.25) is 9.89 Å². The van der Waals surface area contributed by atoms with Crippen molar-refractivity contribution in [2.24, 2.45) is 4.99 Å². The minimum atomic E-state index is 0. The zero-order chi connectivity index (χ0) is 15.8. The number of guanidine groups is 1. The number of aliphatic imine (C=N–C) groups is 1. The second-order valence-electron chi connectivity index (χ2n) is 6.91. The Morgan fingerprint density at radius 3 is 2.00 bits per heavy atom. The van der Waals surface area contributed by atoms with Gasteiger partial charge in [-0.25, -0.2) is 0 Å². The van der Waals surface area contributed by atoms with Crippen LogP contribution in [0.2, 0.25) is 0 Å². The molecule has 0 fully saturated rings. The van der Waals surface area contributed by atoms with Crippen molar-refractivity contribution >= 4 is 29.9 Å². The first kappa shape index (κ1) is 23.2. The van der Waals surface area contributed by atoms with Gasteiger partial charge in [0.15, 0.2) is 5.96 Å². The van der Waals surface area contributed by atoms with Gasteiger partial charge in [-0.1, -0.05) is 0 Å². The molecule has 0 atom stereocenters. The molecule has 0 radical (unpaired) electrons. The van der Waals surface area contributed by atoms with E-state index in [2.05, 4.69) is 75.9 Å². The summed E-state index contributed by atoms with van der Waals surface area (Å²) in [6, 6.07) is 1.19. The summed E-state index contributed by atoms with van der Waals surface area (Å²) in [5.74, 6) is 0.917. The van der Waals surface area contributed by atoms with Gasteiger partial charge in [-0.15, -0.1) is 24.0 Å². The van der Waals surface area contributed by atoms with Gasteiger partial charge >= 0.3 is 0 Å². The Hall–Kier alpha value is -0.0400. The van der Waals surface area contributed by atoms with E-state index in [1.54, 1.807) is 0 Å². The molecular formula is C16H37IN4. The van der Waals surface area contributed by atoms with Crippen molar-refractivity contribution in [2.75, 3.05) is 19.6 Å².